The molecule has 0 spiro atoms. The number of carbonyl (C=O) groups is 1. The van der Waals surface area contributed by atoms with E-state index in [4.69, 9.17) is 5.11 Å². The Kier molecular flexibility index (Phi) is 4.97. The van der Waals surface area contributed by atoms with Crippen molar-refractivity contribution < 1.29 is 23.4 Å². The van der Waals surface area contributed by atoms with Crippen molar-refractivity contribution in [1.82, 2.24) is 4.72 Å². The molecular formula is C14H19NO5S. The summed E-state index contributed by atoms with van der Waals surface area (Å²) < 4.78 is 26.9. The molecule has 21 heavy (non-hydrogen) atoms. The number of carboxylic acids is 1. The van der Waals surface area contributed by atoms with Crippen LogP contribution in [0.4, 0.5) is 0 Å². The summed E-state index contributed by atoms with van der Waals surface area (Å²) in [5, 5.41) is 18.1. The number of benzene rings is 1. The maximum absolute atomic E-state index is 12.2. The second kappa shape index (κ2) is 6.55. The van der Waals surface area contributed by atoms with Gasteiger partial charge in [0, 0.05) is 12.6 Å². The summed E-state index contributed by atoms with van der Waals surface area (Å²) in [6.45, 7) is -0.0261. The summed E-state index contributed by atoms with van der Waals surface area (Å²) in [4.78, 5) is 10.9. The monoisotopic (exact) mass is 313 g/mol. The molecule has 3 N–H and O–H groups in total. The molecule has 1 aliphatic carbocycles. The van der Waals surface area contributed by atoms with Gasteiger partial charge in [-0.3, -0.25) is 0 Å². The number of aromatic carboxylic acids is 1. The summed E-state index contributed by atoms with van der Waals surface area (Å²) >= 11 is 0. The number of aliphatic hydroxyl groups is 1. The molecule has 2 unspecified atom stereocenters. The quantitative estimate of drug-likeness (QED) is 0.726. The smallest absolute Gasteiger partial charge is 0.335 e. The first kappa shape index (κ1) is 15.9. The third-order valence-corrected chi connectivity index (χ3v) is 5.13. The summed E-state index contributed by atoms with van der Waals surface area (Å²) in [6.07, 6.45) is 2.44. The van der Waals surface area contributed by atoms with Crippen molar-refractivity contribution in [2.75, 3.05) is 6.61 Å². The van der Waals surface area contributed by atoms with Crippen molar-refractivity contribution in [2.24, 2.45) is 5.92 Å². The number of aliphatic hydroxyl groups excluding tert-OH is 1. The molecule has 0 heterocycles. The van der Waals surface area contributed by atoms with E-state index in [1.54, 1.807) is 6.07 Å². The van der Waals surface area contributed by atoms with Crippen molar-refractivity contribution in [2.45, 2.75) is 31.1 Å². The van der Waals surface area contributed by atoms with E-state index in [1.807, 2.05) is 0 Å². The predicted octanol–water partition coefficient (Wildman–Crippen LogP) is 0.965. The van der Waals surface area contributed by atoms with Gasteiger partial charge < -0.3 is 10.2 Å². The predicted molar refractivity (Wildman–Crippen MR) is 77.4 cm³/mol. The Morgan fingerprint density at radius 2 is 2.10 bits per heavy atom. The van der Waals surface area contributed by atoms with Crippen LogP contribution in [0.5, 0.6) is 0 Å². The average molecular weight is 313 g/mol. The number of sulfonamides is 1. The number of carboxylic acid groups (broad SMARTS) is 1. The molecule has 0 aliphatic heterocycles. The van der Waals surface area contributed by atoms with Gasteiger partial charge in [-0.25, -0.2) is 17.9 Å². The van der Waals surface area contributed by atoms with Gasteiger partial charge in [0.15, 0.2) is 0 Å². The molecule has 0 radical (unpaired) electrons. The van der Waals surface area contributed by atoms with Crippen LogP contribution in [0.15, 0.2) is 24.3 Å². The Morgan fingerprint density at radius 1 is 1.33 bits per heavy atom. The third kappa shape index (κ3) is 4.26. The van der Waals surface area contributed by atoms with Gasteiger partial charge in [-0.05, 0) is 36.5 Å². The van der Waals surface area contributed by atoms with Crippen LogP contribution in [0.25, 0.3) is 0 Å². The van der Waals surface area contributed by atoms with Crippen LogP contribution in [-0.2, 0) is 15.8 Å². The minimum Gasteiger partial charge on any atom is -0.478 e. The normalized spacial score (nSPS) is 22.3. The third-order valence-electron chi connectivity index (χ3n) is 3.76. The highest BCUT2D eigenvalue weighted by molar-refractivity contribution is 7.88. The number of nitrogens with one attached hydrogen (secondary N) is 1. The highest BCUT2D eigenvalue weighted by atomic mass is 32.2. The molecule has 2 atom stereocenters. The topological polar surface area (TPSA) is 104 Å². The SMILES string of the molecule is O=C(O)c1cccc(CS(=O)(=O)NC2CCCC2CO)c1. The van der Waals surface area contributed by atoms with E-state index in [2.05, 4.69) is 4.72 Å². The van der Waals surface area contributed by atoms with Crippen LogP contribution in [0, 0.1) is 5.92 Å². The molecule has 0 saturated heterocycles. The number of hydrogen-bond donors (Lipinski definition) is 3. The Labute approximate surface area is 123 Å². The molecule has 0 aromatic heterocycles. The van der Waals surface area contributed by atoms with Gasteiger partial charge in [-0.2, -0.15) is 0 Å². The Morgan fingerprint density at radius 3 is 2.76 bits per heavy atom. The summed E-state index contributed by atoms with van der Waals surface area (Å²) in [5.74, 6) is -1.38. The van der Waals surface area contributed by atoms with E-state index in [0.29, 0.717) is 5.56 Å². The minimum absolute atomic E-state index is 0.0261. The molecule has 0 bridgehead atoms. The van der Waals surface area contributed by atoms with E-state index >= 15 is 0 Å². The van der Waals surface area contributed by atoms with Gasteiger partial charge in [0.2, 0.25) is 10.0 Å². The lowest BCUT2D eigenvalue weighted by Gasteiger charge is -2.19. The van der Waals surface area contributed by atoms with Crippen molar-refractivity contribution in [3.05, 3.63) is 35.4 Å². The zero-order valence-electron chi connectivity index (χ0n) is 11.5. The maximum atomic E-state index is 12.2. The maximum Gasteiger partial charge on any atom is 0.335 e. The summed E-state index contributed by atoms with van der Waals surface area (Å²) in [5.41, 5.74) is 0.498. The van der Waals surface area contributed by atoms with Crippen molar-refractivity contribution in [3.8, 4) is 0 Å². The van der Waals surface area contributed by atoms with Crippen LogP contribution < -0.4 is 4.72 Å². The molecule has 116 valence electrons. The highest BCUT2D eigenvalue weighted by Crippen LogP contribution is 2.26. The molecule has 6 nitrogen and oxygen atoms in total. The zero-order chi connectivity index (χ0) is 15.5. The van der Waals surface area contributed by atoms with Crippen LogP contribution in [0.2, 0.25) is 0 Å². The van der Waals surface area contributed by atoms with Gasteiger partial charge in [0.25, 0.3) is 0 Å². The molecule has 2 rings (SSSR count). The fourth-order valence-electron chi connectivity index (χ4n) is 2.70. The number of hydrogen-bond acceptors (Lipinski definition) is 4. The summed E-state index contributed by atoms with van der Waals surface area (Å²) in [6, 6.07) is 5.66. The fourth-order valence-corrected chi connectivity index (χ4v) is 4.17. The van der Waals surface area contributed by atoms with Gasteiger partial charge in [0.05, 0.1) is 11.3 Å². The first-order valence-corrected chi connectivity index (χ1v) is 8.49. The molecule has 1 saturated carbocycles. The first-order chi connectivity index (χ1) is 9.91. The molecule has 1 aromatic rings. The van der Waals surface area contributed by atoms with Crippen molar-refractivity contribution in [3.63, 3.8) is 0 Å². The van der Waals surface area contributed by atoms with Crippen LogP contribution in [0.3, 0.4) is 0 Å². The lowest BCUT2D eigenvalue weighted by atomic mass is 10.1. The molecule has 0 amide bonds. The highest BCUT2D eigenvalue weighted by Gasteiger charge is 2.30. The van der Waals surface area contributed by atoms with E-state index in [1.165, 1.54) is 18.2 Å². The second-order valence-corrected chi connectivity index (χ2v) is 7.12. The second-order valence-electron chi connectivity index (χ2n) is 5.36. The van der Waals surface area contributed by atoms with Crippen LogP contribution in [-0.4, -0.2) is 37.2 Å². The minimum atomic E-state index is -3.56. The summed E-state index contributed by atoms with van der Waals surface area (Å²) in [7, 11) is -3.56. The fraction of sp³-hybridized carbons (Fsp3) is 0.500. The van der Waals surface area contributed by atoms with E-state index < -0.39 is 16.0 Å². The lowest BCUT2D eigenvalue weighted by Crippen LogP contribution is -2.39. The van der Waals surface area contributed by atoms with Gasteiger partial charge in [-0.1, -0.05) is 18.6 Å². The van der Waals surface area contributed by atoms with E-state index in [0.717, 1.165) is 19.3 Å². The molecule has 1 aromatic carbocycles. The first-order valence-electron chi connectivity index (χ1n) is 6.84. The van der Waals surface area contributed by atoms with Gasteiger partial charge >= 0.3 is 5.97 Å². The van der Waals surface area contributed by atoms with Crippen LogP contribution >= 0.6 is 0 Å². The van der Waals surface area contributed by atoms with Crippen LogP contribution in [0.1, 0.15) is 35.2 Å². The van der Waals surface area contributed by atoms with Crippen molar-refractivity contribution in [1.29, 1.82) is 0 Å². The van der Waals surface area contributed by atoms with Gasteiger partial charge in [-0.15, -0.1) is 0 Å². The molecular weight excluding hydrogens is 294 g/mol. The standard InChI is InChI=1S/C14H19NO5S/c16-8-12-5-2-6-13(12)15-21(19,20)9-10-3-1-4-11(7-10)14(17)18/h1,3-4,7,12-13,15-16H,2,5-6,8-9H2,(H,17,18). The van der Waals surface area contributed by atoms with E-state index in [-0.39, 0.29) is 29.9 Å². The molecule has 1 fully saturated rings. The number of rotatable bonds is 6. The Bertz CT molecular complexity index is 614. The zero-order valence-corrected chi connectivity index (χ0v) is 12.3. The Hall–Kier alpha value is -1.44. The molecule has 7 heteroatoms. The lowest BCUT2D eigenvalue weighted by molar-refractivity contribution is 0.0696. The van der Waals surface area contributed by atoms with E-state index in [9.17, 15) is 18.3 Å². The van der Waals surface area contributed by atoms with Gasteiger partial charge in [0.1, 0.15) is 0 Å². The molecule has 1 aliphatic rings. The van der Waals surface area contributed by atoms with Crippen molar-refractivity contribution >= 4 is 16.0 Å². The largest absolute Gasteiger partial charge is 0.478 e. The average Bonchev–Trinajstić information content (AvgIpc) is 2.84. The Balaban J connectivity index is 2.07.